The first-order valence-corrected chi connectivity index (χ1v) is 3.22. The van der Waals surface area contributed by atoms with Crippen molar-refractivity contribution in [1.82, 2.24) is 0 Å². The molecule has 0 aromatic carbocycles. The Morgan fingerprint density at radius 1 is 1.67 bits per heavy atom. The molecule has 0 aromatic rings. The molecule has 0 bridgehead atoms. The van der Waals surface area contributed by atoms with Crippen LogP contribution in [0.5, 0.6) is 0 Å². The van der Waals surface area contributed by atoms with E-state index in [-0.39, 0.29) is 7.43 Å². The van der Waals surface area contributed by atoms with Crippen LogP contribution in [-0.2, 0) is 24.1 Å². The van der Waals surface area contributed by atoms with E-state index in [1.165, 1.54) is 23.6 Å². The summed E-state index contributed by atoms with van der Waals surface area (Å²) < 4.78 is 1.47. The van der Waals surface area contributed by atoms with Crippen molar-refractivity contribution in [3.63, 3.8) is 0 Å². The molecular formula is C7H8OPt-2. The number of carbonyl (C=O) groups excluding carboxylic acids is 1. The van der Waals surface area contributed by atoms with E-state index in [2.05, 4.69) is 12.2 Å². The third-order valence-corrected chi connectivity index (χ3v) is 0.586. The fraction of sp³-hybridized carbons (Fsp3) is 0.143. The molecule has 9 heavy (non-hydrogen) atoms. The Labute approximate surface area is 66.9 Å². The van der Waals surface area contributed by atoms with E-state index in [9.17, 15) is 0 Å². The first kappa shape index (κ1) is 11.5. The molecule has 0 heterocycles. The van der Waals surface area contributed by atoms with Gasteiger partial charge >= 0.3 is 28.4 Å². The summed E-state index contributed by atoms with van der Waals surface area (Å²) in [4.78, 5) is 8.67. The second-order valence-electron chi connectivity index (χ2n) is 1.07. The van der Waals surface area contributed by atoms with Gasteiger partial charge in [0.15, 0.2) is 0 Å². The summed E-state index contributed by atoms with van der Waals surface area (Å²) in [5, 5.41) is 0. The third kappa shape index (κ3) is 11.4. The van der Waals surface area contributed by atoms with Crippen LogP contribution in [0.3, 0.4) is 0 Å². The Bertz CT molecular complexity index is 120. The van der Waals surface area contributed by atoms with Crippen LogP contribution in [0.4, 0.5) is 0 Å². The predicted octanol–water partition coefficient (Wildman–Crippen LogP) is 1.36. The van der Waals surface area contributed by atoms with Gasteiger partial charge in [0.05, 0.1) is 0 Å². The average molecular weight is 303 g/mol. The second-order valence-corrected chi connectivity index (χ2v) is 1.53. The molecule has 0 saturated carbocycles. The normalized spacial score (nSPS) is 10.9. The molecule has 0 aliphatic heterocycles. The quantitative estimate of drug-likeness (QED) is 0.618. The molecule has 0 amide bonds. The number of rotatable bonds is 0. The minimum absolute atomic E-state index is 0. The molecule has 1 aliphatic rings. The molecule has 0 radical (unpaired) electrons. The molecule has 54 valence electrons. The monoisotopic (exact) mass is 303 g/mol. The van der Waals surface area contributed by atoms with Crippen molar-refractivity contribution in [3.8, 4) is 0 Å². The van der Waals surface area contributed by atoms with Crippen molar-refractivity contribution in [2.75, 3.05) is 0 Å². The SMILES string of the molecule is O=[C]=[Pt].[C-]1=CC=CC1.[CH3-]. The van der Waals surface area contributed by atoms with Gasteiger partial charge in [-0.3, -0.25) is 6.08 Å². The number of allylic oxidation sites excluding steroid dienone is 4. The van der Waals surface area contributed by atoms with Crippen LogP contribution >= 0.6 is 0 Å². The van der Waals surface area contributed by atoms with Gasteiger partial charge in [0.2, 0.25) is 0 Å². The molecule has 0 unspecified atom stereocenters. The summed E-state index contributed by atoms with van der Waals surface area (Å²) in [5.74, 6) is 0. The standard InChI is InChI=1S/C5H5.CO.CH3.Pt/c1-2-4-5-3-1;1-2;;/h1-3H,4H2;;1H3;/q-1;;-1;. The molecule has 2 heteroatoms. The van der Waals surface area contributed by atoms with Crippen LogP contribution in [0.15, 0.2) is 18.2 Å². The van der Waals surface area contributed by atoms with Gasteiger partial charge in [0.25, 0.3) is 0 Å². The van der Waals surface area contributed by atoms with E-state index in [4.69, 9.17) is 4.79 Å². The van der Waals surface area contributed by atoms with Crippen LogP contribution in [0, 0.1) is 13.5 Å². The smallest absolute Gasteiger partial charge is 0.109 e. The van der Waals surface area contributed by atoms with Gasteiger partial charge in [-0.2, -0.15) is 6.08 Å². The zero-order valence-electron chi connectivity index (χ0n) is 5.16. The minimum atomic E-state index is 0. The maximum Gasteiger partial charge on any atom is -0.109 e. The summed E-state index contributed by atoms with van der Waals surface area (Å²) in [6.45, 7) is 0. The molecule has 0 N–H and O–H groups in total. The average Bonchev–Trinajstić information content (AvgIpc) is 2.17. The van der Waals surface area contributed by atoms with Gasteiger partial charge < -0.3 is 7.43 Å². The van der Waals surface area contributed by atoms with E-state index >= 15 is 0 Å². The Morgan fingerprint density at radius 2 is 2.22 bits per heavy atom. The largest absolute Gasteiger partial charge is 0.358 e. The number of hydrogen-bond donors (Lipinski definition) is 0. The molecule has 0 spiro atoms. The summed E-state index contributed by atoms with van der Waals surface area (Å²) in [6.07, 6.45) is 10.0. The molecule has 0 atom stereocenters. The van der Waals surface area contributed by atoms with Crippen molar-refractivity contribution < 1.29 is 24.1 Å². The summed E-state index contributed by atoms with van der Waals surface area (Å²) in [6, 6.07) is 0. The van der Waals surface area contributed by atoms with Crippen molar-refractivity contribution >= 4 is 4.27 Å². The Balaban J connectivity index is 0. The van der Waals surface area contributed by atoms with E-state index in [1.54, 1.807) is 0 Å². The van der Waals surface area contributed by atoms with E-state index in [0.29, 0.717) is 0 Å². The molecule has 1 nitrogen and oxygen atoms in total. The van der Waals surface area contributed by atoms with Gasteiger partial charge in [-0.05, 0) is 0 Å². The number of hydrogen-bond acceptors (Lipinski definition) is 1. The summed E-state index contributed by atoms with van der Waals surface area (Å²) in [5.41, 5.74) is 0. The van der Waals surface area contributed by atoms with Crippen molar-refractivity contribution in [1.29, 1.82) is 0 Å². The Hall–Kier alpha value is -0.252. The summed E-state index contributed by atoms with van der Waals surface area (Å²) >= 11 is 1.47. The minimum Gasteiger partial charge on any atom is -0.358 e. The molecule has 0 aromatic heterocycles. The van der Waals surface area contributed by atoms with Gasteiger partial charge in [-0.15, -0.1) is 6.42 Å². The molecule has 0 fully saturated rings. The first-order chi connectivity index (χ1) is 3.91. The van der Waals surface area contributed by atoms with Crippen molar-refractivity contribution in [3.05, 3.63) is 31.7 Å². The van der Waals surface area contributed by atoms with Gasteiger partial charge in [-0.25, -0.2) is 12.2 Å². The van der Waals surface area contributed by atoms with Gasteiger partial charge in [-0.1, -0.05) is 0 Å². The van der Waals surface area contributed by atoms with Crippen molar-refractivity contribution in [2.24, 2.45) is 0 Å². The zero-order valence-corrected chi connectivity index (χ0v) is 7.44. The van der Waals surface area contributed by atoms with E-state index in [0.717, 1.165) is 6.42 Å². The topological polar surface area (TPSA) is 17.1 Å². The van der Waals surface area contributed by atoms with Gasteiger partial charge in [0, 0.05) is 0 Å². The third-order valence-electron chi connectivity index (χ3n) is 0.586. The Kier molecular flexibility index (Phi) is 13.7. The second kappa shape index (κ2) is 10.7. The first-order valence-electron chi connectivity index (χ1n) is 2.08. The predicted molar refractivity (Wildman–Crippen MR) is 33.7 cm³/mol. The van der Waals surface area contributed by atoms with Gasteiger partial charge in [0.1, 0.15) is 0 Å². The van der Waals surface area contributed by atoms with Crippen LogP contribution in [0.2, 0.25) is 0 Å². The molecule has 1 aliphatic carbocycles. The van der Waals surface area contributed by atoms with Crippen molar-refractivity contribution in [2.45, 2.75) is 6.42 Å². The fourth-order valence-electron chi connectivity index (χ4n) is 0.340. The maximum absolute atomic E-state index is 8.67. The van der Waals surface area contributed by atoms with E-state index in [1.807, 2.05) is 12.2 Å². The van der Waals surface area contributed by atoms with Crippen LogP contribution < -0.4 is 0 Å². The summed E-state index contributed by atoms with van der Waals surface area (Å²) in [7, 11) is 0. The fourth-order valence-corrected chi connectivity index (χ4v) is 0.340. The van der Waals surface area contributed by atoms with Crippen LogP contribution in [0.25, 0.3) is 0 Å². The van der Waals surface area contributed by atoms with Crippen LogP contribution in [-0.4, -0.2) is 4.27 Å². The Morgan fingerprint density at radius 3 is 2.33 bits per heavy atom. The maximum atomic E-state index is 8.67. The molecular weight excluding hydrogens is 295 g/mol. The van der Waals surface area contributed by atoms with Crippen LogP contribution in [0.1, 0.15) is 6.42 Å². The molecule has 1 rings (SSSR count). The zero-order chi connectivity index (χ0) is 6.24. The molecule has 0 saturated heterocycles. The van der Waals surface area contributed by atoms with E-state index < -0.39 is 0 Å².